The van der Waals surface area contributed by atoms with Gasteiger partial charge < -0.3 is 10.4 Å². The first kappa shape index (κ1) is 14.2. The van der Waals surface area contributed by atoms with Crippen molar-refractivity contribution in [2.45, 2.75) is 12.7 Å². The minimum absolute atomic E-state index is 0.0140. The van der Waals surface area contributed by atoms with Crippen LogP contribution in [0.4, 0.5) is 18.3 Å². The van der Waals surface area contributed by atoms with E-state index in [0.717, 1.165) is 0 Å². The highest BCUT2D eigenvalue weighted by molar-refractivity contribution is 7.09. The summed E-state index contributed by atoms with van der Waals surface area (Å²) in [6, 6.07) is 2.64. The Morgan fingerprint density at radius 2 is 2.20 bits per heavy atom. The average Bonchev–Trinajstić information content (AvgIpc) is 2.85. The second kappa shape index (κ2) is 5.41. The van der Waals surface area contributed by atoms with E-state index in [2.05, 4.69) is 19.7 Å². The maximum Gasteiger partial charge on any atom is 0.452 e. The fraction of sp³-hybridized carbons (Fsp3) is 0.200. The standard InChI is InChI=1S/C10H7F3N4O2S/c11-10(12,13)8-16-9(20-17-8)15-4-6-3-5(7(18)19)1-2-14-6/h1-3H,4H2,(H,18,19)(H,15,16,17). The van der Waals surface area contributed by atoms with Crippen LogP contribution in [0, 0.1) is 0 Å². The van der Waals surface area contributed by atoms with Gasteiger partial charge in [0.05, 0.1) is 17.8 Å². The zero-order valence-electron chi connectivity index (χ0n) is 9.68. The number of pyridine rings is 1. The van der Waals surface area contributed by atoms with Crippen molar-refractivity contribution < 1.29 is 23.1 Å². The topological polar surface area (TPSA) is 88.0 Å². The average molecular weight is 304 g/mol. The summed E-state index contributed by atoms with van der Waals surface area (Å²) in [6.45, 7) is 0.0492. The minimum atomic E-state index is -4.59. The molecule has 0 amide bonds. The van der Waals surface area contributed by atoms with Crippen molar-refractivity contribution in [1.29, 1.82) is 0 Å². The summed E-state index contributed by atoms with van der Waals surface area (Å²) in [4.78, 5) is 17.9. The Hall–Kier alpha value is -2.23. The Morgan fingerprint density at radius 3 is 2.80 bits per heavy atom. The lowest BCUT2D eigenvalue weighted by Crippen LogP contribution is -2.08. The molecule has 0 aliphatic rings. The van der Waals surface area contributed by atoms with E-state index in [0.29, 0.717) is 17.2 Å². The zero-order valence-corrected chi connectivity index (χ0v) is 10.5. The van der Waals surface area contributed by atoms with Gasteiger partial charge in [-0.25, -0.2) is 4.79 Å². The molecule has 20 heavy (non-hydrogen) atoms. The number of hydrogen-bond acceptors (Lipinski definition) is 6. The van der Waals surface area contributed by atoms with Gasteiger partial charge in [-0.15, -0.1) is 0 Å². The van der Waals surface area contributed by atoms with Crippen molar-refractivity contribution >= 4 is 22.6 Å². The van der Waals surface area contributed by atoms with Crippen molar-refractivity contribution in [1.82, 2.24) is 14.3 Å². The van der Waals surface area contributed by atoms with Gasteiger partial charge in [-0.1, -0.05) is 0 Å². The number of carboxylic acids is 1. The molecular formula is C10H7F3N4O2S. The highest BCUT2D eigenvalue weighted by atomic mass is 32.1. The third-order valence-corrected chi connectivity index (χ3v) is 2.84. The van der Waals surface area contributed by atoms with E-state index in [1.807, 2.05) is 0 Å². The second-order valence-electron chi connectivity index (χ2n) is 3.62. The summed E-state index contributed by atoms with van der Waals surface area (Å²) < 4.78 is 40.0. The van der Waals surface area contributed by atoms with Crippen molar-refractivity contribution in [3.63, 3.8) is 0 Å². The molecule has 0 saturated heterocycles. The van der Waals surface area contributed by atoms with E-state index >= 15 is 0 Å². The van der Waals surface area contributed by atoms with E-state index in [1.54, 1.807) is 0 Å². The van der Waals surface area contributed by atoms with Crippen molar-refractivity contribution in [3.05, 3.63) is 35.4 Å². The fourth-order valence-electron chi connectivity index (χ4n) is 1.28. The Kier molecular flexibility index (Phi) is 3.84. The Bertz CT molecular complexity index is 629. The number of halogens is 3. The summed E-state index contributed by atoms with van der Waals surface area (Å²) in [7, 11) is 0. The smallest absolute Gasteiger partial charge is 0.452 e. The van der Waals surface area contributed by atoms with Crippen LogP contribution < -0.4 is 5.32 Å². The number of carbonyl (C=O) groups is 1. The lowest BCUT2D eigenvalue weighted by molar-refractivity contribution is -0.144. The Morgan fingerprint density at radius 1 is 1.45 bits per heavy atom. The van der Waals surface area contributed by atoms with Crippen molar-refractivity contribution in [2.24, 2.45) is 0 Å². The van der Waals surface area contributed by atoms with Gasteiger partial charge in [-0.2, -0.15) is 22.5 Å². The SMILES string of the molecule is O=C(O)c1ccnc(CNc2nc(C(F)(F)F)ns2)c1. The summed E-state index contributed by atoms with van der Waals surface area (Å²) in [5.74, 6) is -2.32. The van der Waals surface area contributed by atoms with Gasteiger partial charge in [0.25, 0.3) is 0 Å². The predicted octanol–water partition coefficient (Wildman–Crippen LogP) is 2.26. The second-order valence-corrected chi connectivity index (χ2v) is 4.37. The highest BCUT2D eigenvalue weighted by Gasteiger charge is 2.36. The van der Waals surface area contributed by atoms with Gasteiger partial charge in [-0.3, -0.25) is 4.98 Å². The molecule has 2 rings (SSSR count). The first-order valence-electron chi connectivity index (χ1n) is 5.19. The summed E-state index contributed by atoms with van der Waals surface area (Å²) >= 11 is 0.570. The Labute approximate surface area is 114 Å². The van der Waals surface area contributed by atoms with Gasteiger partial charge in [-0.05, 0) is 12.1 Å². The van der Waals surface area contributed by atoms with Crippen LogP contribution in [0.15, 0.2) is 18.3 Å². The summed E-state index contributed by atoms with van der Waals surface area (Å²) in [6.07, 6.45) is -3.28. The largest absolute Gasteiger partial charge is 0.478 e. The van der Waals surface area contributed by atoms with Crippen LogP contribution in [0.2, 0.25) is 0 Å². The summed E-state index contributed by atoms with van der Waals surface area (Å²) in [5.41, 5.74) is 0.415. The predicted molar refractivity (Wildman–Crippen MR) is 63.4 cm³/mol. The monoisotopic (exact) mass is 304 g/mol. The fourth-order valence-corrected chi connectivity index (χ4v) is 1.87. The van der Waals surface area contributed by atoms with Crippen molar-refractivity contribution in [3.8, 4) is 0 Å². The minimum Gasteiger partial charge on any atom is -0.478 e. The molecule has 0 atom stereocenters. The number of anilines is 1. The van der Waals surface area contributed by atoms with Crippen LogP contribution >= 0.6 is 11.5 Å². The van der Waals surface area contributed by atoms with Gasteiger partial charge in [0, 0.05) is 17.7 Å². The van der Waals surface area contributed by atoms with Crippen LogP contribution in [-0.4, -0.2) is 25.4 Å². The number of hydrogen-bond donors (Lipinski definition) is 2. The van der Waals surface area contributed by atoms with Crippen LogP contribution in [0.1, 0.15) is 21.9 Å². The van der Waals surface area contributed by atoms with Crippen LogP contribution in [0.25, 0.3) is 0 Å². The molecule has 2 heterocycles. The molecule has 6 nitrogen and oxygen atoms in total. The number of nitrogens with one attached hydrogen (secondary N) is 1. The number of aromatic nitrogens is 3. The van der Waals surface area contributed by atoms with Crippen molar-refractivity contribution in [2.75, 3.05) is 5.32 Å². The Balaban J connectivity index is 2.04. The van der Waals surface area contributed by atoms with E-state index in [-0.39, 0.29) is 17.2 Å². The molecule has 0 bridgehead atoms. The number of aromatic carboxylic acids is 1. The zero-order chi connectivity index (χ0) is 14.8. The number of carboxylic acid groups (broad SMARTS) is 1. The molecule has 0 aliphatic carbocycles. The summed E-state index contributed by atoms with van der Waals surface area (Å²) in [5, 5.41) is 11.4. The molecule has 106 valence electrons. The highest BCUT2D eigenvalue weighted by Crippen LogP contribution is 2.28. The first-order valence-corrected chi connectivity index (χ1v) is 5.96. The molecule has 0 radical (unpaired) electrons. The van der Waals surface area contributed by atoms with Crippen LogP contribution in [-0.2, 0) is 12.7 Å². The molecule has 0 spiro atoms. The molecule has 2 N–H and O–H groups in total. The van der Waals surface area contributed by atoms with Gasteiger partial charge in [0.2, 0.25) is 11.0 Å². The molecule has 0 unspecified atom stereocenters. The van der Waals surface area contributed by atoms with E-state index in [9.17, 15) is 18.0 Å². The molecule has 0 aromatic carbocycles. The van der Waals surface area contributed by atoms with E-state index < -0.39 is 18.0 Å². The quantitative estimate of drug-likeness (QED) is 0.901. The molecule has 2 aromatic heterocycles. The van der Waals surface area contributed by atoms with E-state index in [4.69, 9.17) is 5.11 Å². The molecule has 2 aromatic rings. The number of nitrogens with zero attached hydrogens (tertiary/aromatic N) is 3. The molecule has 0 saturated carbocycles. The van der Waals surface area contributed by atoms with Gasteiger partial charge in [0.1, 0.15) is 0 Å². The lowest BCUT2D eigenvalue weighted by atomic mass is 10.2. The maximum absolute atomic E-state index is 12.3. The van der Waals surface area contributed by atoms with E-state index in [1.165, 1.54) is 18.3 Å². The third kappa shape index (κ3) is 3.41. The van der Waals surface area contributed by atoms with Gasteiger partial charge in [0.15, 0.2) is 0 Å². The lowest BCUT2D eigenvalue weighted by Gasteiger charge is -2.02. The molecule has 0 aliphatic heterocycles. The molecule has 10 heteroatoms. The third-order valence-electron chi connectivity index (χ3n) is 2.16. The molecular weight excluding hydrogens is 297 g/mol. The first-order chi connectivity index (χ1) is 9.36. The number of alkyl halides is 3. The molecule has 0 fully saturated rings. The van der Waals surface area contributed by atoms with Gasteiger partial charge >= 0.3 is 12.1 Å². The van der Waals surface area contributed by atoms with Crippen LogP contribution in [0.5, 0.6) is 0 Å². The van der Waals surface area contributed by atoms with Crippen LogP contribution in [0.3, 0.4) is 0 Å². The number of rotatable bonds is 4. The normalized spacial score (nSPS) is 11.3. The maximum atomic E-state index is 12.3.